The summed E-state index contributed by atoms with van der Waals surface area (Å²) in [6.07, 6.45) is 3.14. The summed E-state index contributed by atoms with van der Waals surface area (Å²) in [7, 11) is 0. The quantitative estimate of drug-likeness (QED) is 0.306. The molecule has 0 saturated carbocycles. The van der Waals surface area contributed by atoms with E-state index in [9.17, 15) is 14.7 Å². The van der Waals surface area contributed by atoms with Gasteiger partial charge in [-0.05, 0) is 54.3 Å². The van der Waals surface area contributed by atoms with Crippen molar-refractivity contribution in [2.75, 3.05) is 31.5 Å². The average Bonchev–Trinajstić information content (AvgIpc) is 3.65. The molecule has 0 bridgehead atoms. The molecule has 6 rings (SSSR count). The zero-order chi connectivity index (χ0) is 26.2. The zero-order valence-electron chi connectivity index (χ0n) is 21.2. The number of rotatable bonds is 7. The third-order valence-corrected chi connectivity index (χ3v) is 9.73. The molecule has 3 aliphatic rings. The van der Waals surface area contributed by atoms with Gasteiger partial charge < -0.3 is 26.4 Å². The highest BCUT2D eigenvalue weighted by Gasteiger charge is 2.35. The van der Waals surface area contributed by atoms with Crippen molar-refractivity contribution in [3.05, 3.63) is 57.5 Å². The highest BCUT2D eigenvalue weighted by atomic mass is 32.1. The smallest absolute Gasteiger partial charge is 0.242 e. The maximum absolute atomic E-state index is 12.4. The Balaban J connectivity index is 1.06. The minimum Gasteiger partial charge on any atom is -0.373 e. The first-order valence-corrected chi connectivity index (χ1v) is 14.7. The predicted molar refractivity (Wildman–Crippen MR) is 149 cm³/mol. The Morgan fingerprint density at radius 3 is 2.87 bits per heavy atom. The van der Waals surface area contributed by atoms with E-state index >= 15 is 0 Å². The summed E-state index contributed by atoms with van der Waals surface area (Å²) >= 11 is 3.13. The van der Waals surface area contributed by atoms with Gasteiger partial charge in [-0.25, -0.2) is 4.98 Å². The Kier molecular flexibility index (Phi) is 7.30. The van der Waals surface area contributed by atoms with Crippen molar-refractivity contribution in [3.8, 4) is 10.4 Å². The number of thiazole rings is 1. The molecule has 9 nitrogen and oxygen atoms in total. The predicted octanol–water partition coefficient (Wildman–Crippen LogP) is 2.93. The van der Waals surface area contributed by atoms with Crippen molar-refractivity contribution < 1.29 is 14.7 Å². The van der Waals surface area contributed by atoms with Gasteiger partial charge in [0.25, 0.3) is 0 Å². The van der Waals surface area contributed by atoms with Crippen LogP contribution in [0.2, 0.25) is 0 Å². The van der Waals surface area contributed by atoms with Crippen LogP contribution in [0.25, 0.3) is 10.4 Å². The van der Waals surface area contributed by atoms with E-state index in [1.165, 1.54) is 22.5 Å². The van der Waals surface area contributed by atoms with Gasteiger partial charge in [-0.1, -0.05) is 12.1 Å². The van der Waals surface area contributed by atoms with Gasteiger partial charge in [0.2, 0.25) is 11.8 Å². The second-order valence-electron chi connectivity index (χ2n) is 10.2. The van der Waals surface area contributed by atoms with Crippen molar-refractivity contribution in [1.29, 1.82) is 0 Å². The van der Waals surface area contributed by atoms with Gasteiger partial charge in [0, 0.05) is 45.2 Å². The van der Waals surface area contributed by atoms with Gasteiger partial charge >= 0.3 is 0 Å². The van der Waals surface area contributed by atoms with E-state index in [1.54, 1.807) is 18.3 Å². The average molecular weight is 553 g/mol. The minimum atomic E-state index is -0.685. The standard InChI is InChI=1S/C27H32N6O3S2/c1-15(34)31-21-11-28-10-17-9-16(4-5-19(17)21)23-12-30-26(38-23)18-13-33(14-18)27(36)22-6-7-24(37-22)32-25(35)20-3-2-8-29-20/h4-7,9,12,18,20-21,27-29,36H,2-3,8,10-11,13-14H2,1H3,(H,31,34)(H,32,35)/t20-,21?,27?/m0/s1. The maximum atomic E-state index is 12.4. The third kappa shape index (κ3) is 5.27. The summed E-state index contributed by atoms with van der Waals surface area (Å²) in [6, 6.07) is 10.1. The van der Waals surface area contributed by atoms with Crippen molar-refractivity contribution in [1.82, 2.24) is 25.8 Å². The summed E-state index contributed by atoms with van der Waals surface area (Å²) in [5.41, 5.74) is 3.50. The Morgan fingerprint density at radius 1 is 1.21 bits per heavy atom. The first-order chi connectivity index (χ1) is 18.4. The molecule has 1 aromatic carbocycles. The normalized spacial score (nSPS) is 22.5. The van der Waals surface area contributed by atoms with Crippen molar-refractivity contribution in [3.63, 3.8) is 0 Å². The van der Waals surface area contributed by atoms with E-state index < -0.39 is 6.23 Å². The van der Waals surface area contributed by atoms with Gasteiger partial charge in [0.15, 0.2) is 0 Å². The number of aromatic nitrogens is 1. The topological polar surface area (TPSA) is 119 Å². The molecule has 2 fully saturated rings. The number of hydrogen-bond acceptors (Lipinski definition) is 9. The van der Waals surface area contributed by atoms with Crippen molar-refractivity contribution in [2.45, 2.75) is 50.5 Å². The zero-order valence-corrected chi connectivity index (χ0v) is 22.8. The van der Waals surface area contributed by atoms with E-state index in [-0.39, 0.29) is 23.9 Å². The number of benzene rings is 1. The number of nitrogens with one attached hydrogen (secondary N) is 4. The van der Waals surface area contributed by atoms with Gasteiger partial charge in [-0.3, -0.25) is 14.5 Å². The second-order valence-corrected chi connectivity index (χ2v) is 12.4. The van der Waals surface area contributed by atoms with Crippen LogP contribution in [0.1, 0.15) is 59.0 Å². The minimum absolute atomic E-state index is 0.00304. The van der Waals surface area contributed by atoms with Crippen LogP contribution in [0.3, 0.4) is 0 Å². The molecule has 3 atom stereocenters. The summed E-state index contributed by atoms with van der Waals surface area (Å²) in [4.78, 5) is 32.6. The van der Waals surface area contributed by atoms with Gasteiger partial charge in [0.05, 0.1) is 31.8 Å². The van der Waals surface area contributed by atoms with E-state index in [0.717, 1.165) is 70.9 Å². The fourth-order valence-corrected chi connectivity index (χ4v) is 7.35. The number of hydrogen-bond donors (Lipinski definition) is 5. The van der Waals surface area contributed by atoms with E-state index in [0.29, 0.717) is 5.92 Å². The molecule has 5 N–H and O–H groups in total. The molecule has 3 aliphatic heterocycles. The number of nitrogens with zero attached hydrogens (tertiary/aromatic N) is 2. The van der Waals surface area contributed by atoms with Crippen LogP contribution in [-0.2, 0) is 16.1 Å². The van der Waals surface area contributed by atoms with Crippen LogP contribution < -0.4 is 21.3 Å². The molecule has 2 amide bonds. The number of fused-ring (bicyclic) bond motifs is 1. The van der Waals surface area contributed by atoms with Gasteiger partial charge in [-0.2, -0.15) is 0 Å². The molecule has 11 heteroatoms. The Hall–Kier alpha value is -2.67. The van der Waals surface area contributed by atoms with Gasteiger partial charge in [-0.15, -0.1) is 22.7 Å². The molecule has 0 aliphatic carbocycles. The second kappa shape index (κ2) is 10.8. The number of amides is 2. The van der Waals surface area contributed by atoms with E-state index in [4.69, 9.17) is 4.98 Å². The molecular weight excluding hydrogens is 520 g/mol. The lowest BCUT2D eigenvalue weighted by Crippen LogP contribution is -2.46. The molecule has 3 aromatic rings. The molecule has 0 spiro atoms. The summed E-state index contributed by atoms with van der Waals surface area (Å²) in [5.74, 6) is 0.264. The van der Waals surface area contributed by atoms with Gasteiger partial charge in [0.1, 0.15) is 6.23 Å². The van der Waals surface area contributed by atoms with Crippen LogP contribution in [0.4, 0.5) is 5.00 Å². The first-order valence-electron chi connectivity index (χ1n) is 13.1. The fourth-order valence-electron chi connectivity index (χ4n) is 5.42. The summed E-state index contributed by atoms with van der Waals surface area (Å²) < 4.78 is 0. The lowest BCUT2D eigenvalue weighted by atomic mass is 9.94. The molecule has 2 saturated heterocycles. The molecule has 38 heavy (non-hydrogen) atoms. The Morgan fingerprint density at radius 2 is 2.08 bits per heavy atom. The lowest BCUT2D eigenvalue weighted by Gasteiger charge is -2.40. The largest absolute Gasteiger partial charge is 0.373 e. The Labute approximate surface area is 229 Å². The highest BCUT2D eigenvalue weighted by Crippen LogP contribution is 2.40. The number of carbonyl (C=O) groups excluding carboxylic acids is 2. The number of anilines is 1. The fraction of sp³-hybridized carbons (Fsp3) is 0.444. The summed E-state index contributed by atoms with van der Waals surface area (Å²) in [6.45, 7) is 5.44. The lowest BCUT2D eigenvalue weighted by molar-refractivity contribution is -0.120. The number of aliphatic hydroxyl groups excluding tert-OH is 1. The van der Waals surface area contributed by atoms with Crippen LogP contribution in [0.15, 0.2) is 36.5 Å². The number of aliphatic hydroxyl groups is 1. The van der Waals surface area contributed by atoms with Crippen molar-refractivity contribution in [2.24, 2.45) is 0 Å². The number of carbonyl (C=O) groups is 2. The number of likely N-dealkylation sites (tertiary alicyclic amines) is 1. The molecule has 2 unspecified atom stereocenters. The molecular formula is C27H32N6O3S2. The first kappa shape index (κ1) is 25.6. The highest BCUT2D eigenvalue weighted by molar-refractivity contribution is 7.16. The van der Waals surface area contributed by atoms with Crippen molar-refractivity contribution >= 4 is 39.5 Å². The monoisotopic (exact) mass is 552 g/mol. The SMILES string of the molecule is CC(=O)NC1CNCc2cc(-c3cnc(C4CN(C(O)c5ccc(NC(=O)[C@@H]6CCCN6)s5)C4)s3)ccc21. The van der Waals surface area contributed by atoms with Crippen LogP contribution in [-0.4, -0.2) is 59.0 Å². The van der Waals surface area contributed by atoms with E-state index in [1.807, 2.05) is 23.2 Å². The molecule has 200 valence electrons. The Bertz CT molecular complexity index is 1330. The van der Waals surface area contributed by atoms with Crippen LogP contribution in [0, 0.1) is 0 Å². The number of thiophene rings is 1. The summed E-state index contributed by atoms with van der Waals surface area (Å²) in [5, 5.41) is 25.3. The maximum Gasteiger partial charge on any atom is 0.242 e. The molecule has 5 heterocycles. The molecule has 0 radical (unpaired) electrons. The van der Waals surface area contributed by atoms with Crippen LogP contribution in [0.5, 0.6) is 0 Å². The third-order valence-electron chi connectivity index (χ3n) is 7.48. The molecule has 2 aromatic heterocycles. The van der Waals surface area contributed by atoms with E-state index in [2.05, 4.69) is 39.5 Å². The van der Waals surface area contributed by atoms with Crippen LogP contribution >= 0.6 is 22.7 Å².